The summed E-state index contributed by atoms with van der Waals surface area (Å²) in [6, 6.07) is 6.47. The van der Waals surface area contributed by atoms with Crippen LogP contribution < -0.4 is 4.90 Å². The molecule has 1 aromatic rings. The van der Waals surface area contributed by atoms with Gasteiger partial charge < -0.3 is 15.1 Å². The summed E-state index contributed by atoms with van der Waals surface area (Å²) in [7, 11) is 0. The Kier molecular flexibility index (Phi) is 4.52. The van der Waals surface area contributed by atoms with Gasteiger partial charge >= 0.3 is 0 Å². The highest BCUT2D eigenvalue weighted by molar-refractivity contribution is 5.95. The zero-order chi connectivity index (χ0) is 13.0. The van der Waals surface area contributed by atoms with Crippen LogP contribution in [0.4, 0.5) is 5.69 Å². The number of benzene rings is 1. The van der Waals surface area contributed by atoms with Gasteiger partial charge in [-0.3, -0.25) is 4.79 Å². The van der Waals surface area contributed by atoms with E-state index >= 15 is 0 Å². The Hall–Kier alpha value is -1.55. The molecule has 2 N–H and O–H groups in total. The van der Waals surface area contributed by atoms with Gasteiger partial charge in [0.15, 0.2) is 0 Å². The number of rotatable bonds is 4. The molecule has 1 amide bonds. The minimum absolute atomic E-state index is 0.000966. The van der Waals surface area contributed by atoms with Crippen molar-refractivity contribution in [3.63, 3.8) is 0 Å². The average molecular weight is 237 g/mol. The second-order valence-electron chi connectivity index (χ2n) is 4.40. The number of carbonyl (C=O) groups excluding carboxylic acids is 1. The predicted octanol–water partition coefficient (Wildman–Crippen LogP) is 1.76. The number of hydrogen-bond donors (Lipinski definition) is 2. The second-order valence-corrected chi connectivity index (χ2v) is 4.40. The summed E-state index contributed by atoms with van der Waals surface area (Å²) in [5.74, 6) is -0.375. The number of phenols is 1. The molecule has 0 bridgehead atoms. The number of anilines is 1. The largest absolute Gasteiger partial charge is 0.508 e. The number of phenolic OH excluding ortho intramolecular Hbond substituents is 1. The van der Waals surface area contributed by atoms with Crippen molar-refractivity contribution in [2.75, 3.05) is 11.5 Å². The number of hydrogen-bond acceptors (Lipinski definition) is 3. The lowest BCUT2D eigenvalue weighted by Crippen LogP contribution is -2.41. The SMILES string of the molecule is CC(CO)C(=O)N(c1ccc(O)cc1)C(C)C. The van der Waals surface area contributed by atoms with E-state index in [4.69, 9.17) is 5.11 Å². The molecule has 0 saturated carbocycles. The van der Waals surface area contributed by atoms with Crippen LogP contribution in [0, 0.1) is 5.92 Å². The molecule has 94 valence electrons. The van der Waals surface area contributed by atoms with Crippen LogP contribution in [0.3, 0.4) is 0 Å². The molecule has 0 aromatic heterocycles. The van der Waals surface area contributed by atoms with Gasteiger partial charge in [-0.15, -0.1) is 0 Å². The molecule has 0 saturated heterocycles. The van der Waals surface area contributed by atoms with Gasteiger partial charge in [0, 0.05) is 11.7 Å². The predicted molar refractivity (Wildman–Crippen MR) is 67.0 cm³/mol. The molecule has 0 radical (unpaired) electrons. The minimum Gasteiger partial charge on any atom is -0.508 e. The molecule has 1 aromatic carbocycles. The summed E-state index contributed by atoms with van der Waals surface area (Å²) in [5.41, 5.74) is 0.725. The van der Waals surface area contributed by atoms with Crippen LogP contribution in [0.2, 0.25) is 0 Å². The Balaban J connectivity index is 3.01. The zero-order valence-electron chi connectivity index (χ0n) is 10.4. The number of aliphatic hydroxyl groups is 1. The summed E-state index contributed by atoms with van der Waals surface area (Å²) in [6.07, 6.45) is 0. The molecular weight excluding hydrogens is 218 g/mol. The standard InChI is InChI=1S/C13H19NO3/c1-9(2)14(13(17)10(3)8-15)11-4-6-12(16)7-5-11/h4-7,9-10,15-16H,8H2,1-3H3. The number of aromatic hydroxyl groups is 1. The number of carbonyl (C=O) groups is 1. The highest BCUT2D eigenvalue weighted by Gasteiger charge is 2.23. The van der Waals surface area contributed by atoms with Crippen molar-refractivity contribution < 1.29 is 15.0 Å². The van der Waals surface area contributed by atoms with Gasteiger partial charge in [-0.05, 0) is 38.1 Å². The van der Waals surface area contributed by atoms with Crippen LogP contribution in [-0.4, -0.2) is 28.8 Å². The van der Waals surface area contributed by atoms with Crippen LogP contribution in [-0.2, 0) is 4.79 Å². The van der Waals surface area contributed by atoms with Gasteiger partial charge in [0.2, 0.25) is 5.91 Å². The Morgan fingerprint density at radius 1 is 1.24 bits per heavy atom. The third kappa shape index (κ3) is 3.20. The fraction of sp³-hybridized carbons (Fsp3) is 0.462. The van der Waals surface area contributed by atoms with E-state index < -0.39 is 5.92 Å². The van der Waals surface area contributed by atoms with Gasteiger partial charge in [0.1, 0.15) is 5.75 Å². The molecule has 4 nitrogen and oxygen atoms in total. The highest BCUT2D eigenvalue weighted by Crippen LogP contribution is 2.22. The summed E-state index contributed by atoms with van der Waals surface area (Å²) >= 11 is 0. The van der Waals surface area contributed by atoms with E-state index in [2.05, 4.69) is 0 Å². The van der Waals surface area contributed by atoms with Gasteiger partial charge in [0.25, 0.3) is 0 Å². The topological polar surface area (TPSA) is 60.8 Å². The first kappa shape index (κ1) is 13.5. The number of aliphatic hydroxyl groups excluding tert-OH is 1. The lowest BCUT2D eigenvalue weighted by atomic mass is 10.1. The van der Waals surface area contributed by atoms with E-state index in [0.29, 0.717) is 0 Å². The second kappa shape index (κ2) is 5.68. The van der Waals surface area contributed by atoms with Gasteiger partial charge in [-0.25, -0.2) is 0 Å². The minimum atomic E-state index is -0.425. The first-order chi connectivity index (χ1) is 7.97. The number of amides is 1. The molecule has 0 fully saturated rings. The van der Waals surface area contributed by atoms with E-state index in [1.54, 1.807) is 36.1 Å². The van der Waals surface area contributed by atoms with E-state index in [9.17, 15) is 9.90 Å². The van der Waals surface area contributed by atoms with Crippen molar-refractivity contribution in [1.82, 2.24) is 0 Å². The molecule has 1 rings (SSSR count). The fourth-order valence-electron chi connectivity index (χ4n) is 1.61. The van der Waals surface area contributed by atoms with Crippen LogP contribution in [0.5, 0.6) is 5.75 Å². The van der Waals surface area contributed by atoms with Gasteiger partial charge in [0.05, 0.1) is 12.5 Å². The summed E-state index contributed by atoms with van der Waals surface area (Å²) in [4.78, 5) is 13.7. The molecule has 0 aliphatic rings. The average Bonchev–Trinajstić information content (AvgIpc) is 2.30. The van der Waals surface area contributed by atoms with E-state index in [-0.39, 0.29) is 24.3 Å². The van der Waals surface area contributed by atoms with E-state index in [0.717, 1.165) is 5.69 Å². The fourth-order valence-corrected chi connectivity index (χ4v) is 1.61. The quantitative estimate of drug-likeness (QED) is 0.838. The Bertz CT molecular complexity index is 373. The lowest BCUT2D eigenvalue weighted by Gasteiger charge is -2.29. The maximum Gasteiger partial charge on any atom is 0.232 e. The molecule has 0 heterocycles. The third-order valence-electron chi connectivity index (χ3n) is 2.58. The maximum absolute atomic E-state index is 12.1. The molecule has 1 unspecified atom stereocenters. The summed E-state index contributed by atoms with van der Waals surface area (Å²) in [6.45, 7) is 5.35. The lowest BCUT2D eigenvalue weighted by molar-refractivity contribution is -0.123. The van der Waals surface area contributed by atoms with E-state index in [1.165, 1.54) is 0 Å². The van der Waals surface area contributed by atoms with Crippen LogP contribution >= 0.6 is 0 Å². The summed E-state index contributed by atoms with van der Waals surface area (Å²) < 4.78 is 0. The molecule has 0 aliphatic heterocycles. The molecular formula is C13H19NO3. The van der Waals surface area contributed by atoms with Gasteiger partial charge in [-0.1, -0.05) is 6.92 Å². The van der Waals surface area contributed by atoms with Crippen molar-refractivity contribution in [2.45, 2.75) is 26.8 Å². The van der Waals surface area contributed by atoms with Crippen molar-refractivity contribution in [1.29, 1.82) is 0 Å². The van der Waals surface area contributed by atoms with Crippen molar-refractivity contribution >= 4 is 11.6 Å². The zero-order valence-corrected chi connectivity index (χ0v) is 10.4. The Labute approximate surface area is 101 Å². The Morgan fingerprint density at radius 3 is 2.18 bits per heavy atom. The molecule has 0 aliphatic carbocycles. The van der Waals surface area contributed by atoms with Crippen molar-refractivity contribution in [2.24, 2.45) is 5.92 Å². The van der Waals surface area contributed by atoms with Crippen LogP contribution in [0.1, 0.15) is 20.8 Å². The molecule has 0 spiro atoms. The van der Waals surface area contributed by atoms with Crippen LogP contribution in [0.25, 0.3) is 0 Å². The normalized spacial score (nSPS) is 12.5. The third-order valence-corrected chi connectivity index (χ3v) is 2.58. The molecule has 17 heavy (non-hydrogen) atoms. The van der Waals surface area contributed by atoms with Crippen molar-refractivity contribution in [3.05, 3.63) is 24.3 Å². The highest BCUT2D eigenvalue weighted by atomic mass is 16.3. The monoisotopic (exact) mass is 237 g/mol. The Morgan fingerprint density at radius 2 is 1.76 bits per heavy atom. The molecule has 4 heteroatoms. The van der Waals surface area contributed by atoms with E-state index in [1.807, 2.05) is 13.8 Å². The smallest absolute Gasteiger partial charge is 0.232 e. The first-order valence-electron chi connectivity index (χ1n) is 5.70. The molecule has 1 atom stereocenters. The van der Waals surface area contributed by atoms with Gasteiger partial charge in [-0.2, -0.15) is 0 Å². The summed E-state index contributed by atoms with van der Waals surface area (Å²) in [5, 5.41) is 18.3. The van der Waals surface area contributed by atoms with Crippen LogP contribution in [0.15, 0.2) is 24.3 Å². The first-order valence-corrected chi connectivity index (χ1v) is 5.70. The number of nitrogens with zero attached hydrogens (tertiary/aromatic N) is 1. The van der Waals surface area contributed by atoms with Crippen molar-refractivity contribution in [3.8, 4) is 5.75 Å². The maximum atomic E-state index is 12.1.